The number of para-hydroxylation sites is 1. The Hall–Kier alpha value is -1.28. The Morgan fingerprint density at radius 1 is 1.40 bits per heavy atom. The van der Waals surface area contributed by atoms with E-state index in [0.29, 0.717) is 6.04 Å². The molecule has 0 aliphatic carbocycles. The van der Waals surface area contributed by atoms with Gasteiger partial charge in [0.25, 0.3) is 0 Å². The van der Waals surface area contributed by atoms with Crippen molar-refractivity contribution in [3.8, 4) is 5.75 Å². The zero-order valence-corrected chi connectivity index (χ0v) is 9.28. The standard InChI is InChI=1S/C13H19NO/c1-3-12(2)14-10-7-11-15-13-8-5-4-6-9-13/h3-6,8-9,12,14H,1,7,10-11H2,2H3. The molecular weight excluding hydrogens is 186 g/mol. The van der Waals surface area contributed by atoms with Crippen LogP contribution in [0.25, 0.3) is 0 Å². The van der Waals surface area contributed by atoms with E-state index >= 15 is 0 Å². The lowest BCUT2D eigenvalue weighted by Crippen LogP contribution is -2.25. The minimum atomic E-state index is 0.377. The second-order valence-electron chi connectivity index (χ2n) is 3.49. The number of benzene rings is 1. The fourth-order valence-corrected chi connectivity index (χ4v) is 1.19. The lowest BCUT2D eigenvalue weighted by Gasteiger charge is -2.09. The SMILES string of the molecule is C=CC(C)NCCCOc1ccccc1. The van der Waals surface area contributed by atoms with Crippen molar-refractivity contribution in [3.63, 3.8) is 0 Å². The molecule has 1 atom stereocenters. The van der Waals surface area contributed by atoms with Crippen molar-refractivity contribution < 1.29 is 4.74 Å². The summed E-state index contributed by atoms with van der Waals surface area (Å²) in [5, 5.41) is 3.32. The lowest BCUT2D eigenvalue weighted by atomic mass is 10.3. The van der Waals surface area contributed by atoms with E-state index in [1.54, 1.807) is 0 Å². The fourth-order valence-electron chi connectivity index (χ4n) is 1.19. The Balaban J connectivity index is 2.05. The van der Waals surface area contributed by atoms with E-state index in [4.69, 9.17) is 4.74 Å². The predicted molar refractivity (Wildman–Crippen MR) is 64.2 cm³/mol. The first-order valence-electron chi connectivity index (χ1n) is 5.36. The van der Waals surface area contributed by atoms with Crippen LogP contribution in [0.3, 0.4) is 0 Å². The molecule has 1 aromatic carbocycles. The Morgan fingerprint density at radius 2 is 2.13 bits per heavy atom. The summed E-state index contributed by atoms with van der Waals surface area (Å²) < 4.78 is 5.56. The fraction of sp³-hybridized carbons (Fsp3) is 0.385. The van der Waals surface area contributed by atoms with Crippen molar-refractivity contribution in [1.82, 2.24) is 5.32 Å². The summed E-state index contributed by atoms with van der Waals surface area (Å²) in [7, 11) is 0. The van der Waals surface area contributed by atoms with Gasteiger partial charge in [-0.05, 0) is 32.0 Å². The van der Waals surface area contributed by atoms with Crippen LogP contribution < -0.4 is 10.1 Å². The van der Waals surface area contributed by atoms with Crippen LogP contribution in [0.1, 0.15) is 13.3 Å². The molecule has 0 saturated heterocycles. The quantitative estimate of drug-likeness (QED) is 0.546. The normalized spacial score (nSPS) is 12.1. The molecular formula is C13H19NO. The Morgan fingerprint density at radius 3 is 2.80 bits per heavy atom. The molecule has 0 bridgehead atoms. The topological polar surface area (TPSA) is 21.3 Å². The largest absolute Gasteiger partial charge is 0.494 e. The molecule has 1 aromatic rings. The maximum atomic E-state index is 5.56. The van der Waals surface area contributed by atoms with Gasteiger partial charge in [-0.1, -0.05) is 24.3 Å². The van der Waals surface area contributed by atoms with Crippen molar-refractivity contribution in [2.75, 3.05) is 13.2 Å². The highest BCUT2D eigenvalue weighted by atomic mass is 16.5. The molecule has 1 rings (SSSR count). The molecule has 0 aliphatic heterocycles. The van der Waals surface area contributed by atoms with Crippen LogP contribution in [0, 0.1) is 0 Å². The van der Waals surface area contributed by atoms with Crippen molar-refractivity contribution in [3.05, 3.63) is 43.0 Å². The van der Waals surface area contributed by atoms with E-state index in [2.05, 4.69) is 18.8 Å². The number of hydrogen-bond acceptors (Lipinski definition) is 2. The molecule has 0 spiro atoms. The van der Waals surface area contributed by atoms with E-state index in [1.807, 2.05) is 36.4 Å². The Bertz CT molecular complexity index is 271. The van der Waals surface area contributed by atoms with Gasteiger partial charge in [-0.25, -0.2) is 0 Å². The first-order chi connectivity index (χ1) is 7.33. The van der Waals surface area contributed by atoms with Crippen LogP contribution in [0.15, 0.2) is 43.0 Å². The second kappa shape index (κ2) is 7.07. The molecule has 2 heteroatoms. The molecule has 0 aromatic heterocycles. The summed E-state index contributed by atoms with van der Waals surface area (Å²) in [6.45, 7) is 7.51. The van der Waals surface area contributed by atoms with Gasteiger partial charge in [0.2, 0.25) is 0 Å². The smallest absolute Gasteiger partial charge is 0.119 e. The average Bonchev–Trinajstić information content (AvgIpc) is 2.29. The van der Waals surface area contributed by atoms with Gasteiger partial charge in [-0.3, -0.25) is 0 Å². The van der Waals surface area contributed by atoms with Crippen molar-refractivity contribution in [1.29, 1.82) is 0 Å². The zero-order chi connectivity index (χ0) is 10.9. The summed E-state index contributed by atoms with van der Waals surface area (Å²) in [5.41, 5.74) is 0. The van der Waals surface area contributed by atoms with Crippen LogP contribution in [0.2, 0.25) is 0 Å². The van der Waals surface area contributed by atoms with Crippen LogP contribution >= 0.6 is 0 Å². The number of nitrogens with one attached hydrogen (secondary N) is 1. The van der Waals surface area contributed by atoms with Crippen LogP contribution in [-0.4, -0.2) is 19.2 Å². The summed E-state index contributed by atoms with van der Waals surface area (Å²) in [5.74, 6) is 0.939. The third-order valence-corrected chi connectivity index (χ3v) is 2.15. The van der Waals surface area contributed by atoms with Gasteiger partial charge in [-0.15, -0.1) is 6.58 Å². The number of ether oxygens (including phenoxy) is 1. The summed E-state index contributed by atoms with van der Waals surface area (Å²) >= 11 is 0. The third-order valence-electron chi connectivity index (χ3n) is 2.15. The predicted octanol–water partition coefficient (Wildman–Crippen LogP) is 2.62. The number of hydrogen-bond donors (Lipinski definition) is 1. The summed E-state index contributed by atoms with van der Waals surface area (Å²) in [6.07, 6.45) is 2.91. The van der Waals surface area contributed by atoms with Crippen LogP contribution in [0.4, 0.5) is 0 Å². The number of rotatable bonds is 7. The monoisotopic (exact) mass is 205 g/mol. The lowest BCUT2D eigenvalue weighted by molar-refractivity contribution is 0.307. The third kappa shape index (κ3) is 5.23. The summed E-state index contributed by atoms with van der Waals surface area (Å²) in [6, 6.07) is 10.3. The highest BCUT2D eigenvalue weighted by Crippen LogP contribution is 2.07. The molecule has 0 saturated carbocycles. The highest BCUT2D eigenvalue weighted by Gasteiger charge is 1.94. The van der Waals surface area contributed by atoms with Gasteiger partial charge in [0, 0.05) is 6.04 Å². The van der Waals surface area contributed by atoms with E-state index in [9.17, 15) is 0 Å². The van der Waals surface area contributed by atoms with Crippen molar-refractivity contribution in [2.24, 2.45) is 0 Å². The van der Waals surface area contributed by atoms with Crippen molar-refractivity contribution in [2.45, 2.75) is 19.4 Å². The maximum Gasteiger partial charge on any atom is 0.119 e. The molecule has 0 heterocycles. The molecule has 15 heavy (non-hydrogen) atoms. The molecule has 0 amide bonds. The van der Waals surface area contributed by atoms with Gasteiger partial charge in [0.1, 0.15) is 5.75 Å². The van der Waals surface area contributed by atoms with E-state index in [-0.39, 0.29) is 0 Å². The highest BCUT2D eigenvalue weighted by molar-refractivity contribution is 5.20. The molecule has 82 valence electrons. The molecule has 2 nitrogen and oxygen atoms in total. The van der Waals surface area contributed by atoms with Crippen molar-refractivity contribution >= 4 is 0 Å². The van der Waals surface area contributed by atoms with Gasteiger partial charge in [0.15, 0.2) is 0 Å². The van der Waals surface area contributed by atoms with Gasteiger partial charge in [-0.2, -0.15) is 0 Å². The molecule has 1 N–H and O–H groups in total. The van der Waals surface area contributed by atoms with E-state index < -0.39 is 0 Å². The average molecular weight is 205 g/mol. The first kappa shape index (κ1) is 11.8. The van der Waals surface area contributed by atoms with Crippen LogP contribution in [0.5, 0.6) is 5.75 Å². The molecule has 1 unspecified atom stereocenters. The molecule has 0 aliphatic rings. The molecule has 0 radical (unpaired) electrons. The summed E-state index contributed by atoms with van der Waals surface area (Å²) in [4.78, 5) is 0. The van der Waals surface area contributed by atoms with E-state index in [1.165, 1.54) is 0 Å². The zero-order valence-electron chi connectivity index (χ0n) is 9.28. The minimum absolute atomic E-state index is 0.377. The first-order valence-corrected chi connectivity index (χ1v) is 5.36. The van der Waals surface area contributed by atoms with Gasteiger partial charge >= 0.3 is 0 Å². The molecule has 0 fully saturated rings. The van der Waals surface area contributed by atoms with E-state index in [0.717, 1.165) is 25.3 Å². The van der Waals surface area contributed by atoms with Crippen LogP contribution in [-0.2, 0) is 0 Å². The maximum absolute atomic E-state index is 5.56. The Kier molecular flexibility index (Phi) is 5.56. The Labute approximate surface area is 92.0 Å². The second-order valence-corrected chi connectivity index (χ2v) is 3.49. The van der Waals surface area contributed by atoms with Gasteiger partial charge < -0.3 is 10.1 Å². The minimum Gasteiger partial charge on any atom is -0.494 e. The van der Waals surface area contributed by atoms with Gasteiger partial charge in [0.05, 0.1) is 6.61 Å².